The highest BCUT2D eigenvalue weighted by molar-refractivity contribution is 6.46. The third-order valence-corrected chi connectivity index (χ3v) is 5.79. The van der Waals surface area contributed by atoms with Gasteiger partial charge in [0.1, 0.15) is 5.70 Å². The van der Waals surface area contributed by atoms with Crippen molar-refractivity contribution < 1.29 is 9.59 Å². The van der Waals surface area contributed by atoms with Crippen LogP contribution in [0.3, 0.4) is 0 Å². The number of nitrogens with one attached hydrogen (secondary N) is 1. The molecule has 0 fully saturated rings. The van der Waals surface area contributed by atoms with Crippen molar-refractivity contribution in [1.82, 2.24) is 0 Å². The summed E-state index contributed by atoms with van der Waals surface area (Å²) in [6, 6.07) is 28.9. The molecule has 5 rings (SSSR count). The first kappa shape index (κ1) is 19.8. The molecule has 0 saturated carbocycles. The van der Waals surface area contributed by atoms with E-state index in [4.69, 9.17) is 0 Å². The fourth-order valence-electron chi connectivity index (χ4n) is 4.26. The van der Waals surface area contributed by atoms with Gasteiger partial charge in [0.05, 0.1) is 11.3 Å². The van der Waals surface area contributed by atoms with Crippen LogP contribution >= 0.6 is 0 Å². The third-order valence-electron chi connectivity index (χ3n) is 5.79. The van der Waals surface area contributed by atoms with Crippen molar-refractivity contribution in [2.45, 2.75) is 13.8 Å². The number of anilines is 2. The van der Waals surface area contributed by atoms with E-state index in [9.17, 15) is 9.59 Å². The summed E-state index contributed by atoms with van der Waals surface area (Å²) in [6.07, 6.45) is 0. The number of amides is 2. The van der Waals surface area contributed by atoms with Gasteiger partial charge in [-0.05, 0) is 42.5 Å². The van der Waals surface area contributed by atoms with Gasteiger partial charge in [-0.3, -0.25) is 9.59 Å². The minimum absolute atomic E-state index is 0.289. The summed E-state index contributed by atoms with van der Waals surface area (Å²) < 4.78 is 0. The molecule has 0 saturated heterocycles. The zero-order valence-electron chi connectivity index (χ0n) is 17.9. The predicted molar refractivity (Wildman–Crippen MR) is 129 cm³/mol. The number of rotatable bonds is 4. The highest BCUT2D eigenvalue weighted by atomic mass is 16.2. The van der Waals surface area contributed by atoms with Gasteiger partial charge < -0.3 is 5.32 Å². The minimum atomic E-state index is -0.353. The molecule has 1 aliphatic heterocycles. The summed E-state index contributed by atoms with van der Waals surface area (Å²) >= 11 is 0. The van der Waals surface area contributed by atoms with E-state index in [2.05, 4.69) is 5.32 Å². The van der Waals surface area contributed by atoms with Gasteiger partial charge in [-0.15, -0.1) is 0 Å². The van der Waals surface area contributed by atoms with Crippen LogP contribution in [0.4, 0.5) is 11.4 Å². The molecule has 0 unspecified atom stereocenters. The van der Waals surface area contributed by atoms with Crippen LogP contribution < -0.4 is 10.2 Å². The van der Waals surface area contributed by atoms with Crippen LogP contribution in [0.5, 0.6) is 0 Å². The van der Waals surface area contributed by atoms with Crippen LogP contribution in [0.15, 0.2) is 96.7 Å². The first-order valence-corrected chi connectivity index (χ1v) is 10.5. The Morgan fingerprint density at radius 3 is 2.22 bits per heavy atom. The van der Waals surface area contributed by atoms with Crippen LogP contribution in [0, 0.1) is 13.8 Å². The highest BCUT2D eigenvalue weighted by Gasteiger charge is 2.40. The van der Waals surface area contributed by atoms with Gasteiger partial charge in [0.15, 0.2) is 0 Å². The molecule has 0 atom stereocenters. The summed E-state index contributed by atoms with van der Waals surface area (Å²) in [5.41, 5.74) is 4.73. The standard InChI is InChI=1S/C28H22N2O2/c1-18-15-16-24(19(2)17-18)30-27(31)25(21-10-4-3-5-11-21)26(28(30)32)29-23-14-8-12-20-9-6-7-13-22(20)23/h3-17,29H,1-2H3. The van der Waals surface area contributed by atoms with Crippen LogP contribution in [0.25, 0.3) is 16.3 Å². The Bertz CT molecular complexity index is 1400. The van der Waals surface area contributed by atoms with Crippen LogP contribution in [-0.2, 0) is 9.59 Å². The lowest BCUT2D eigenvalue weighted by atomic mass is 10.0. The second kappa shape index (κ2) is 7.82. The Labute approximate surface area is 186 Å². The number of fused-ring (bicyclic) bond motifs is 1. The van der Waals surface area contributed by atoms with Crippen LogP contribution in [0.1, 0.15) is 16.7 Å². The number of hydrogen-bond acceptors (Lipinski definition) is 3. The van der Waals surface area contributed by atoms with E-state index in [1.807, 2.05) is 105 Å². The second-order valence-corrected chi connectivity index (χ2v) is 8.00. The maximum atomic E-state index is 13.7. The van der Waals surface area contributed by atoms with Gasteiger partial charge in [-0.25, -0.2) is 4.90 Å². The van der Waals surface area contributed by atoms with Crippen molar-refractivity contribution in [3.63, 3.8) is 0 Å². The Hall–Kier alpha value is -4.18. The van der Waals surface area contributed by atoms with E-state index in [0.29, 0.717) is 16.8 Å². The quantitative estimate of drug-likeness (QED) is 0.423. The molecule has 1 N–H and O–H groups in total. The van der Waals surface area contributed by atoms with Gasteiger partial charge in [-0.2, -0.15) is 0 Å². The van der Waals surface area contributed by atoms with Crippen LogP contribution in [0.2, 0.25) is 0 Å². The highest BCUT2D eigenvalue weighted by Crippen LogP contribution is 2.36. The lowest BCUT2D eigenvalue weighted by Gasteiger charge is -2.18. The fourth-order valence-corrected chi connectivity index (χ4v) is 4.26. The van der Waals surface area contributed by atoms with Crippen LogP contribution in [-0.4, -0.2) is 11.8 Å². The number of hydrogen-bond donors (Lipinski definition) is 1. The topological polar surface area (TPSA) is 49.4 Å². The first-order chi connectivity index (χ1) is 15.5. The molecule has 1 aliphatic rings. The molecule has 4 heteroatoms. The van der Waals surface area contributed by atoms with Crippen molar-refractivity contribution in [3.8, 4) is 0 Å². The molecule has 4 nitrogen and oxygen atoms in total. The van der Waals surface area contributed by atoms with E-state index in [1.54, 1.807) is 0 Å². The van der Waals surface area contributed by atoms with Crippen molar-refractivity contribution in [2.75, 3.05) is 10.2 Å². The Morgan fingerprint density at radius 1 is 0.719 bits per heavy atom. The van der Waals surface area contributed by atoms with Crippen molar-refractivity contribution in [2.24, 2.45) is 0 Å². The molecular weight excluding hydrogens is 396 g/mol. The van der Waals surface area contributed by atoms with Crippen molar-refractivity contribution >= 4 is 39.5 Å². The number of benzene rings is 4. The molecular formula is C28H22N2O2. The monoisotopic (exact) mass is 418 g/mol. The molecule has 0 aromatic heterocycles. The molecule has 0 spiro atoms. The summed E-state index contributed by atoms with van der Waals surface area (Å²) in [7, 11) is 0. The normalized spacial score (nSPS) is 13.9. The van der Waals surface area contributed by atoms with Gasteiger partial charge >= 0.3 is 0 Å². The van der Waals surface area contributed by atoms with Crippen molar-refractivity contribution in [1.29, 1.82) is 0 Å². The molecule has 4 aromatic carbocycles. The summed E-state index contributed by atoms with van der Waals surface area (Å²) in [5.74, 6) is -0.676. The maximum absolute atomic E-state index is 13.7. The molecule has 156 valence electrons. The maximum Gasteiger partial charge on any atom is 0.282 e. The zero-order chi connectivity index (χ0) is 22.2. The van der Waals surface area contributed by atoms with Gasteiger partial charge in [-0.1, -0.05) is 84.4 Å². The van der Waals surface area contributed by atoms with E-state index in [1.165, 1.54) is 4.90 Å². The number of imide groups is 1. The van der Waals surface area contributed by atoms with E-state index in [-0.39, 0.29) is 17.5 Å². The Kier molecular flexibility index (Phi) is 4.83. The molecule has 2 amide bonds. The van der Waals surface area contributed by atoms with E-state index < -0.39 is 0 Å². The summed E-state index contributed by atoms with van der Waals surface area (Å²) in [6.45, 7) is 3.91. The third kappa shape index (κ3) is 3.26. The summed E-state index contributed by atoms with van der Waals surface area (Å²) in [4.78, 5) is 28.6. The predicted octanol–water partition coefficient (Wildman–Crippen LogP) is 5.85. The lowest BCUT2D eigenvalue weighted by molar-refractivity contribution is -0.120. The Morgan fingerprint density at radius 2 is 1.44 bits per heavy atom. The largest absolute Gasteiger partial charge is 0.350 e. The van der Waals surface area contributed by atoms with Gasteiger partial charge in [0.25, 0.3) is 11.8 Å². The molecule has 32 heavy (non-hydrogen) atoms. The molecule has 4 aromatic rings. The zero-order valence-corrected chi connectivity index (χ0v) is 17.9. The number of carbonyl (C=O) groups is 2. The fraction of sp³-hybridized carbons (Fsp3) is 0.0714. The second-order valence-electron chi connectivity index (χ2n) is 8.00. The average molecular weight is 418 g/mol. The number of nitrogens with zero attached hydrogens (tertiary/aromatic N) is 1. The average Bonchev–Trinajstić information content (AvgIpc) is 3.04. The first-order valence-electron chi connectivity index (χ1n) is 10.5. The molecule has 0 aliphatic carbocycles. The minimum Gasteiger partial charge on any atom is -0.350 e. The SMILES string of the molecule is Cc1ccc(N2C(=O)C(Nc3cccc4ccccc34)=C(c3ccccc3)C2=O)c(C)c1. The van der Waals surface area contributed by atoms with Gasteiger partial charge in [0.2, 0.25) is 0 Å². The summed E-state index contributed by atoms with van der Waals surface area (Å²) in [5, 5.41) is 5.35. The molecule has 0 bridgehead atoms. The van der Waals surface area contributed by atoms with Crippen molar-refractivity contribution in [3.05, 3.63) is 113 Å². The van der Waals surface area contributed by atoms with E-state index >= 15 is 0 Å². The smallest absolute Gasteiger partial charge is 0.282 e. The molecule has 1 heterocycles. The van der Waals surface area contributed by atoms with E-state index in [0.717, 1.165) is 27.6 Å². The lowest BCUT2D eigenvalue weighted by Crippen LogP contribution is -2.33. The number of aryl methyl sites for hydroxylation is 2. The van der Waals surface area contributed by atoms with Gasteiger partial charge in [0, 0.05) is 11.1 Å². The Balaban J connectivity index is 1.67. The molecule has 0 radical (unpaired) electrons. The number of carbonyl (C=O) groups excluding carboxylic acids is 2.